The minimum Gasteiger partial charge on any atom is -0.388 e. The van der Waals surface area contributed by atoms with Crippen LogP contribution in [-0.2, 0) is 6.18 Å². The number of β-amino-alcohol motifs (C(OH)–C–C–N with tert-alkyl or cyclic N) is 1. The molecule has 1 N–H and O–H groups in total. The number of halogens is 3. The minimum absolute atomic E-state index is 0.354. The SMILES string of the molecule is CC1(O)CCN(c2ccc(C(F)(F)F)nn2)C1. The summed E-state index contributed by atoms with van der Waals surface area (Å²) < 4.78 is 36.8. The lowest BCUT2D eigenvalue weighted by Crippen LogP contribution is -2.30. The topological polar surface area (TPSA) is 49.2 Å². The van der Waals surface area contributed by atoms with Gasteiger partial charge in [0.2, 0.25) is 0 Å². The van der Waals surface area contributed by atoms with Crippen molar-refractivity contribution in [3.8, 4) is 0 Å². The van der Waals surface area contributed by atoms with Crippen molar-refractivity contribution in [1.29, 1.82) is 0 Å². The van der Waals surface area contributed by atoms with Crippen LogP contribution in [0.4, 0.5) is 19.0 Å². The highest BCUT2D eigenvalue weighted by molar-refractivity contribution is 5.39. The van der Waals surface area contributed by atoms with Crippen LogP contribution in [-0.4, -0.2) is 34.0 Å². The average Bonchev–Trinajstić information content (AvgIpc) is 2.58. The number of alkyl halides is 3. The van der Waals surface area contributed by atoms with Crippen molar-refractivity contribution < 1.29 is 18.3 Å². The van der Waals surface area contributed by atoms with Crippen LogP contribution in [0, 0.1) is 0 Å². The lowest BCUT2D eigenvalue weighted by molar-refractivity contribution is -0.141. The van der Waals surface area contributed by atoms with Crippen LogP contribution in [0.3, 0.4) is 0 Å². The Labute approximate surface area is 96.1 Å². The van der Waals surface area contributed by atoms with E-state index in [0.29, 0.717) is 25.3 Å². The highest BCUT2D eigenvalue weighted by Crippen LogP contribution is 2.29. The van der Waals surface area contributed by atoms with Crippen molar-refractivity contribution in [1.82, 2.24) is 10.2 Å². The summed E-state index contributed by atoms with van der Waals surface area (Å²) in [6.45, 7) is 2.60. The van der Waals surface area contributed by atoms with E-state index < -0.39 is 17.5 Å². The van der Waals surface area contributed by atoms with E-state index in [4.69, 9.17) is 0 Å². The molecule has 1 aliphatic rings. The molecule has 4 nitrogen and oxygen atoms in total. The largest absolute Gasteiger partial charge is 0.435 e. The maximum atomic E-state index is 12.3. The molecule has 1 unspecified atom stereocenters. The number of hydrogen-bond donors (Lipinski definition) is 1. The second kappa shape index (κ2) is 3.83. The highest BCUT2D eigenvalue weighted by atomic mass is 19.4. The van der Waals surface area contributed by atoms with Crippen LogP contribution in [0.5, 0.6) is 0 Å². The van der Waals surface area contributed by atoms with Gasteiger partial charge >= 0.3 is 6.18 Å². The molecule has 2 rings (SSSR count). The third kappa shape index (κ3) is 2.66. The number of hydrogen-bond acceptors (Lipinski definition) is 4. The molecule has 0 spiro atoms. The van der Waals surface area contributed by atoms with E-state index in [9.17, 15) is 18.3 Å². The summed E-state index contributed by atoms with van der Waals surface area (Å²) in [4.78, 5) is 1.72. The van der Waals surface area contributed by atoms with Crippen molar-refractivity contribution in [2.75, 3.05) is 18.0 Å². The Morgan fingerprint density at radius 3 is 2.47 bits per heavy atom. The molecule has 0 aromatic carbocycles. The second-order valence-corrected chi connectivity index (χ2v) is 4.44. The zero-order valence-corrected chi connectivity index (χ0v) is 9.20. The first kappa shape index (κ1) is 12.1. The summed E-state index contributed by atoms with van der Waals surface area (Å²) in [6.07, 6.45) is -3.91. The van der Waals surface area contributed by atoms with E-state index in [1.54, 1.807) is 11.8 Å². The number of aliphatic hydroxyl groups is 1. The maximum Gasteiger partial charge on any atom is 0.435 e. The van der Waals surface area contributed by atoms with E-state index >= 15 is 0 Å². The van der Waals surface area contributed by atoms with Gasteiger partial charge in [0.15, 0.2) is 11.5 Å². The minimum atomic E-state index is -4.47. The van der Waals surface area contributed by atoms with Crippen molar-refractivity contribution in [3.63, 3.8) is 0 Å². The van der Waals surface area contributed by atoms with Crippen molar-refractivity contribution in [2.24, 2.45) is 0 Å². The highest BCUT2D eigenvalue weighted by Gasteiger charge is 2.35. The van der Waals surface area contributed by atoms with Gasteiger partial charge < -0.3 is 10.0 Å². The van der Waals surface area contributed by atoms with E-state index in [1.807, 2.05) is 0 Å². The Balaban J connectivity index is 2.14. The Bertz CT molecular complexity index is 402. The number of rotatable bonds is 1. The molecule has 17 heavy (non-hydrogen) atoms. The summed E-state index contributed by atoms with van der Waals surface area (Å²) in [5.41, 5.74) is -1.82. The zero-order chi connectivity index (χ0) is 12.7. The standard InChI is InChI=1S/C10H12F3N3O/c1-9(17)4-5-16(6-9)8-3-2-7(14-15-8)10(11,12)13/h2-3,17H,4-6H2,1H3. The zero-order valence-electron chi connectivity index (χ0n) is 9.20. The maximum absolute atomic E-state index is 12.3. The second-order valence-electron chi connectivity index (χ2n) is 4.44. The van der Waals surface area contributed by atoms with Crippen LogP contribution < -0.4 is 4.90 Å². The summed E-state index contributed by atoms with van der Waals surface area (Å²) in [5.74, 6) is 0.357. The third-order valence-corrected chi connectivity index (χ3v) is 2.72. The Morgan fingerprint density at radius 2 is 2.06 bits per heavy atom. The molecular weight excluding hydrogens is 235 g/mol. The molecule has 1 aromatic rings. The molecule has 0 saturated carbocycles. The number of nitrogens with zero attached hydrogens (tertiary/aromatic N) is 3. The first-order valence-electron chi connectivity index (χ1n) is 5.16. The van der Waals surface area contributed by atoms with Gasteiger partial charge in [0.1, 0.15) is 0 Å². The third-order valence-electron chi connectivity index (χ3n) is 2.72. The summed E-state index contributed by atoms with van der Waals surface area (Å²) in [5, 5.41) is 16.4. The normalized spacial score (nSPS) is 25.4. The average molecular weight is 247 g/mol. The predicted octanol–water partition coefficient (Wildman–Crippen LogP) is 1.46. The molecule has 0 bridgehead atoms. The van der Waals surface area contributed by atoms with Gasteiger partial charge in [0.05, 0.1) is 5.60 Å². The molecule has 1 atom stereocenters. The van der Waals surface area contributed by atoms with Crippen LogP contribution in [0.1, 0.15) is 19.0 Å². The predicted molar refractivity (Wildman–Crippen MR) is 54.5 cm³/mol. The quantitative estimate of drug-likeness (QED) is 0.816. The Morgan fingerprint density at radius 1 is 1.35 bits per heavy atom. The van der Waals surface area contributed by atoms with Gasteiger partial charge in [-0.2, -0.15) is 13.2 Å². The van der Waals surface area contributed by atoms with Gasteiger partial charge in [0.25, 0.3) is 0 Å². The molecule has 2 heterocycles. The van der Waals surface area contributed by atoms with Crippen LogP contribution in [0.2, 0.25) is 0 Å². The van der Waals surface area contributed by atoms with Gasteiger partial charge in [-0.25, -0.2) is 0 Å². The van der Waals surface area contributed by atoms with Gasteiger partial charge in [0, 0.05) is 13.1 Å². The fraction of sp³-hybridized carbons (Fsp3) is 0.600. The molecule has 1 aliphatic heterocycles. The van der Waals surface area contributed by atoms with Gasteiger partial charge in [-0.3, -0.25) is 0 Å². The van der Waals surface area contributed by atoms with E-state index in [2.05, 4.69) is 10.2 Å². The van der Waals surface area contributed by atoms with Crippen molar-refractivity contribution in [3.05, 3.63) is 17.8 Å². The number of anilines is 1. The molecule has 1 aromatic heterocycles. The molecule has 1 saturated heterocycles. The monoisotopic (exact) mass is 247 g/mol. The summed E-state index contributed by atoms with van der Waals surface area (Å²) in [7, 11) is 0. The summed E-state index contributed by atoms with van der Waals surface area (Å²) >= 11 is 0. The van der Waals surface area contributed by atoms with Gasteiger partial charge in [-0.05, 0) is 25.5 Å². The van der Waals surface area contributed by atoms with E-state index in [0.717, 1.165) is 6.07 Å². The molecule has 0 radical (unpaired) electrons. The van der Waals surface area contributed by atoms with E-state index in [1.165, 1.54) is 6.07 Å². The molecule has 1 fully saturated rings. The number of aromatic nitrogens is 2. The molecule has 0 amide bonds. The summed E-state index contributed by atoms with van der Waals surface area (Å²) in [6, 6.07) is 2.17. The van der Waals surface area contributed by atoms with Crippen LogP contribution in [0.15, 0.2) is 12.1 Å². The van der Waals surface area contributed by atoms with Crippen molar-refractivity contribution in [2.45, 2.75) is 25.1 Å². The first-order valence-corrected chi connectivity index (χ1v) is 5.16. The van der Waals surface area contributed by atoms with Gasteiger partial charge in [-0.1, -0.05) is 0 Å². The van der Waals surface area contributed by atoms with E-state index in [-0.39, 0.29) is 0 Å². The Hall–Kier alpha value is -1.37. The lowest BCUT2D eigenvalue weighted by atomic mass is 10.1. The Kier molecular flexibility index (Phi) is 2.73. The fourth-order valence-corrected chi connectivity index (χ4v) is 1.79. The molecular formula is C10H12F3N3O. The molecule has 0 aliphatic carbocycles. The molecule has 94 valence electrons. The fourth-order valence-electron chi connectivity index (χ4n) is 1.79. The van der Waals surface area contributed by atoms with Gasteiger partial charge in [-0.15, -0.1) is 10.2 Å². The van der Waals surface area contributed by atoms with Crippen LogP contribution in [0.25, 0.3) is 0 Å². The first-order chi connectivity index (χ1) is 7.78. The molecule has 7 heteroatoms. The lowest BCUT2D eigenvalue weighted by Gasteiger charge is -2.19. The van der Waals surface area contributed by atoms with Crippen molar-refractivity contribution >= 4 is 5.82 Å². The smallest absolute Gasteiger partial charge is 0.388 e. The van der Waals surface area contributed by atoms with Crippen LogP contribution >= 0.6 is 0 Å².